The van der Waals surface area contributed by atoms with Crippen LogP contribution in [0.15, 0.2) is 0 Å². The van der Waals surface area contributed by atoms with Crippen molar-refractivity contribution in [2.24, 2.45) is 0 Å². The first-order valence-electron chi connectivity index (χ1n) is 8.64. The molecule has 0 saturated carbocycles. The van der Waals surface area contributed by atoms with E-state index in [9.17, 15) is 9.59 Å². The maximum Gasteiger partial charge on any atom is 0.341 e. The second kappa shape index (κ2) is 9.06. The summed E-state index contributed by atoms with van der Waals surface area (Å²) in [5, 5.41) is 3.48. The van der Waals surface area contributed by atoms with E-state index >= 15 is 0 Å². The number of carbonyl (C=O) groups is 2. The van der Waals surface area contributed by atoms with E-state index in [0.717, 1.165) is 31.2 Å². The van der Waals surface area contributed by atoms with Gasteiger partial charge in [0, 0.05) is 11.8 Å². The highest BCUT2D eigenvalue weighted by molar-refractivity contribution is 7.17. The molecule has 1 heterocycles. The lowest BCUT2D eigenvalue weighted by Gasteiger charge is -2.09. The molecule has 5 heteroatoms. The zero-order valence-corrected chi connectivity index (χ0v) is 15.0. The Morgan fingerprint density at radius 3 is 2.09 bits per heavy atom. The molecule has 0 aromatic carbocycles. The largest absolute Gasteiger partial charge is 0.465 e. The van der Waals surface area contributed by atoms with Gasteiger partial charge in [-0.25, -0.2) is 4.79 Å². The summed E-state index contributed by atoms with van der Waals surface area (Å²) in [6, 6.07) is 0. The number of esters is 1. The highest BCUT2D eigenvalue weighted by Gasteiger charge is 2.24. The molecule has 0 bridgehead atoms. The van der Waals surface area contributed by atoms with E-state index in [4.69, 9.17) is 4.74 Å². The van der Waals surface area contributed by atoms with Crippen LogP contribution in [-0.4, -0.2) is 19.0 Å². The number of anilines is 1. The minimum atomic E-state index is -0.335. The molecule has 0 radical (unpaired) electrons. The molecule has 2 rings (SSSR count). The monoisotopic (exact) mass is 337 g/mol. The number of carbonyl (C=O) groups excluding carboxylic acids is 2. The smallest absolute Gasteiger partial charge is 0.341 e. The molecule has 1 aromatic rings. The fourth-order valence-electron chi connectivity index (χ4n) is 3.19. The van der Waals surface area contributed by atoms with Crippen LogP contribution in [0.5, 0.6) is 0 Å². The zero-order chi connectivity index (χ0) is 16.7. The van der Waals surface area contributed by atoms with Gasteiger partial charge in [-0.15, -0.1) is 11.3 Å². The molecule has 0 atom stereocenters. The van der Waals surface area contributed by atoms with Crippen LogP contribution in [0.1, 0.15) is 79.1 Å². The van der Waals surface area contributed by atoms with Crippen molar-refractivity contribution in [1.82, 2.24) is 0 Å². The molecule has 1 aliphatic rings. The molecule has 0 unspecified atom stereocenters. The molecule has 1 amide bonds. The Morgan fingerprint density at radius 2 is 1.52 bits per heavy atom. The van der Waals surface area contributed by atoms with E-state index in [-0.39, 0.29) is 11.9 Å². The third-order valence-electron chi connectivity index (χ3n) is 4.35. The molecule has 0 saturated heterocycles. The Hall–Kier alpha value is -1.36. The number of methoxy groups -OCH3 is 1. The van der Waals surface area contributed by atoms with Crippen LogP contribution in [0.3, 0.4) is 0 Å². The number of rotatable bonds is 2. The van der Waals surface area contributed by atoms with Gasteiger partial charge in [0.2, 0.25) is 5.91 Å². The van der Waals surface area contributed by atoms with Crippen LogP contribution in [0.4, 0.5) is 5.00 Å². The van der Waals surface area contributed by atoms with Gasteiger partial charge in [-0.1, -0.05) is 38.5 Å². The van der Waals surface area contributed by atoms with Gasteiger partial charge in [0.1, 0.15) is 5.00 Å². The predicted octanol–water partition coefficient (Wildman–Crippen LogP) is 4.71. The van der Waals surface area contributed by atoms with Crippen LogP contribution < -0.4 is 5.32 Å². The van der Waals surface area contributed by atoms with Crippen LogP contribution in [0.2, 0.25) is 0 Å². The number of fused-ring (bicyclic) bond motifs is 1. The molecule has 0 fully saturated rings. The molecule has 1 aliphatic carbocycles. The summed E-state index contributed by atoms with van der Waals surface area (Å²) in [5.41, 5.74) is 1.69. The summed E-state index contributed by atoms with van der Waals surface area (Å²) >= 11 is 1.55. The van der Waals surface area contributed by atoms with Crippen molar-refractivity contribution in [3.63, 3.8) is 0 Å². The molecule has 23 heavy (non-hydrogen) atoms. The van der Waals surface area contributed by atoms with E-state index in [1.54, 1.807) is 11.3 Å². The van der Waals surface area contributed by atoms with E-state index < -0.39 is 0 Å². The summed E-state index contributed by atoms with van der Waals surface area (Å²) in [7, 11) is 1.40. The minimum absolute atomic E-state index is 0.146. The molecule has 0 aliphatic heterocycles. The zero-order valence-electron chi connectivity index (χ0n) is 14.2. The SMILES string of the molecule is COC(=O)c1c(NC(C)=O)sc2c1CCCCCCCCCC2. The lowest BCUT2D eigenvalue weighted by Crippen LogP contribution is -2.11. The average Bonchev–Trinajstić information content (AvgIpc) is 2.83. The lowest BCUT2D eigenvalue weighted by atomic mass is 9.97. The third-order valence-corrected chi connectivity index (χ3v) is 5.56. The van der Waals surface area contributed by atoms with Crippen LogP contribution in [-0.2, 0) is 22.4 Å². The van der Waals surface area contributed by atoms with Crippen molar-refractivity contribution in [3.05, 3.63) is 16.0 Å². The van der Waals surface area contributed by atoms with E-state index in [1.165, 1.54) is 57.4 Å². The van der Waals surface area contributed by atoms with Gasteiger partial charge in [0.15, 0.2) is 0 Å². The van der Waals surface area contributed by atoms with Crippen LogP contribution in [0.25, 0.3) is 0 Å². The third kappa shape index (κ3) is 5.06. The number of amides is 1. The van der Waals surface area contributed by atoms with Gasteiger partial charge in [0.25, 0.3) is 0 Å². The first-order chi connectivity index (χ1) is 11.1. The van der Waals surface area contributed by atoms with E-state index in [2.05, 4.69) is 5.32 Å². The second-order valence-electron chi connectivity index (χ2n) is 6.21. The number of thiophene rings is 1. The maximum atomic E-state index is 12.3. The number of hydrogen-bond acceptors (Lipinski definition) is 4. The second-order valence-corrected chi connectivity index (χ2v) is 7.31. The van der Waals surface area contributed by atoms with Gasteiger partial charge >= 0.3 is 5.97 Å². The Balaban J connectivity index is 2.33. The number of hydrogen-bond donors (Lipinski definition) is 1. The first kappa shape index (κ1) is 18.0. The van der Waals surface area contributed by atoms with Crippen molar-refractivity contribution < 1.29 is 14.3 Å². The van der Waals surface area contributed by atoms with E-state index in [1.807, 2.05) is 0 Å². The molecule has 128 valence electrons. The van der Waals surface area contributed by atoms with Crippen molar-refractivity contribution >= 4 is 28.2 Å². The molecule has 1 N–H and O–H groups in total. The first-order valence-corrected chi connectivity index (χ1v) is 9.45. The van der Waals surface area contributed by atoms with Gasteiger partial charge in [-0.2, -0.15) is 0 Å². The van der Waals surface area contributed by atoms with Crippen LogP contribution >= 0.6 is 11.3 Å². The Kier molecular flexibility index (Phi) is 7.09. The summed E-state index contributed by atoms with van der Waals surface area (Å²) < 4.78 is 4.97. The normalized spacial score (nSPS) is 16.6. The van der Waals surface area contributed by atoms with Gasteiger partial charge in [-0.3, -0.25) is 4.79 Å². The van der Waals surface area contributed by atoms with Crippen LogP contribution in [0, 0.1) is 0 Å². The highest BCUT2D eigenvalue weighted by atomic mass is 32.1. The van der Waals surface area contributed by atoms with Gasteiger partial charge in [0.05, 0.1) is 12.7 Å². The molecule has 1 aromatic heterocycles. The number of aryl methyl sites for hydroxylation is 1. The summed E-state index contributed by atoms with van der Waals surface area (Å²) in [6.45, 7) is 1.47. The van der Waals surface area contributed by atoms with Crippen molar-refractivity contribution in [1.29, 1.82) is 0 Å². The Bertz CT molecular complexity index is 551. The highest BCUT2D eigenvalue weighted by Crippen LogP contribution is 2.36. The maximum absolute atomic E-state index is 12.3. The van der Waals surface area contributed by atoms with Crippen molar-refractivity contribution in [3.8, 4) is 0 Å². The van der Waals surface area contributed by atoms with Crippen molar-refractivity contribution in [2.45, 2.75) is 71.1 Å². The summed E-state index contributed by atoms with van der Waals surface area (Å²) in [5.74, 6) is -0.481. The van der Waals surface area contributed by atoms with Gasteiger partial charge < -0.3 is 10.1 Å². The Morgan fingerprint density at radius 1 is 0.957 bits per heavy atom. The molecule has 0 spiro atoms. The fourth-order valence-corrected chi connectivity index (χ4v) is 4.52. The topological polar surface area (TPSA) is 55.4 Å². The molecule has 4 nitrogen and oxygen atoms in total. The molecular formula is C18H27NO3S. The van der Waals surface area contributed by atoms with Crippen molar-refractivity contribution in [2.75, 3.05) is 12.4 Å². The van der Waals surface area contributed by atoms with Gasteiger partial charge in [-0.05, 0) is 31.2 Å². The summed E-state index contributed by atoms with van der Waals surface area (Å²) in [6.07, 6.45) is 11.8. The number of nitrogens with one attached hydrogen (secondary N) is 1. The number of ether oxygens (including phenoxy) is 1. The Labute approximate surface area is 142 Å². The lowest BCUT2D eigenvalue weighted by molar-refractivity contribution is -0.114. The predicted molar refractivity (Wildman–Crippen MR) is 94.3 cm³/mol. The fraction of sp³-hybridized carbons (Fsp3) is 0.667. The minimum Gasteiger partial charge on any atom is -0.465 e. The molecular weight excluding hydrogens is 310 g/mol. The average molecular weight is 337 g/mol. The van der Waals surface area contributed by atoms with E-state index in [0.29, 0.717) is 10.6 Å². The summed E-state index contributed by atoms with van der Waals surface area (Å²) in [4.78, 5) is 25.0. The quantitative estimate of drug-likeness (QED) is 0.795. The standard InChI is InChI=1S/C18H27NO3S/c1-13(20)19-17-16(18(21)22-2)14-11-9-7-5-3-4-6-8-10-12-15(14)23-17/h3-12H2,1-2H3,(H,19,20).